The third-order valence-electron chi connectivity index (χ3n) is 9.23. The molecule has 0 radical (unpaired) electrons. The highest BCUT2D eigenvalue weighted by atomic mass is 32.2. The van der Waals surface area contributed by atoms with Crippen LogP contribution in [0.3, 0.4) is 0 Å². The summed E-state index contributed by atoms with van der Waals surface area (Å²) in [5.41, 5.74) is 2.44. The lowest BCUT2D eigenvalue weighted by molar-refractivity contribution is -0.126. The Balaban J connectivity index is 1.06. The van der Waals surface area contributed by atoms with Gasteiger partial charge in [0.05, 0.1) is 50.1 Å². The highest BCUT2D eigenvalue weighted by molar-refractivity contribution is 7.88. The lowest BCUT2D eigenvalue weighted by Gasteiger charge is -2.30. The van der Waals surface area contributed by atoms with Crippen LogP contribution in [0.4, 0.5) is 19.0 Å². The first-order valence-corrected chi connectivity index (χ1v) is 19.1. The van der Waals surface area contributed by atoms with E-state index in [-0.39, 0.29) is 35.0 Å². The minimum atomic E-state index is -4.35. The number of nitrogens with one attached hydrogen (secondary N) is 1. The molecule has 1 saturated carbocycles. The summed E-state index contributed by atoms with van der Waals surface area (Å²) < 4.78 is 81.2. The first-order chi connectivity index (χ1) is 24.2. The summed E-state index contributed by atoms with van der Waals surface area (Å²) in [4.78, 5) is 11.0. The van der Waals surface area contributed by atoms with Gasteiger partial charge >= 0.3 is 12.2 Å². The molecule has 0 amide bonds. The molecular weight excluding hydrogens is 712 g/mol. The maximum absolute atomic E-state index is 13.1. The van der Waals surface area contributed by atoms with Gasteiger partial charge in [0.1, 0.15) is 16.8 Å². The molecule has 2 aliphatic rings. The van der Waals surface area contributed by atoms with E-state index in [2.05, 4.69) is 25.5 Å². The van der Waals surface area contributed by atoms with Crippen LogP contribution in [-0.2, 0) is 23.0 Å². The van der Waals surface area contributed by atoms with E-state index in [1.165, 1.54) is 30.8 Å². The zero-order valence-electron chi connectivity index (χ0n) is 28.6. The fourth-order valence-electron chi connectivity index (χ4n) is 6.54. The van der Waals surface area contributed by atoms with Crippen molar-refractivity contribution in [1.82, 2.24) is 29.8 Å². The fraction of sp³-hybridized carbons (Fsp3) is 0.515. The number of hydrogen-bond donors (Lipinski definition) is 2. The Morgan fingerprint density at radius 3 is 2.43 bits per heavy atom. The summed E-state index contributed by atoms with van der Waals surface area (Å²) in [6, 6.07) is 10.7. The van der Waals surface area contributed by atoms with E-state index >= 15 is 0 Å². The Morgan fingerprint density at radius 2 is 1.78 bits per heavy atom. The van der Waals surface area contributed by atoms with Gasteiger partial charge in [0.25, 0.3) is 5.88 Å². The van der Waals surface area contributed by atoms with E-state index in [9.17, 15) is 26.7 Å². The number of likely N-dealkylation sites (N-methyl/N-ethyl adjacent to an activating group) is 1. The molecule has 18 heteroatoms. The number of sulfonamides is 1. The molecule has 6 rings (SSSR count). The van der Waals surface area contributed by atoms with E-state index in [1.807, 2.05) is 29.2 Å². The standard InChI is InChI=1S/C33H40F3N7O6S2/c1-42(29-24-15-23(17-33(34,35)36)50-31(24)39-32(38-29)48-3)26-13-21(14-27(26)44)37-18-19-5-7-20(8-6-19)25-16-28(47-2)30(41-40-25)49-22-9-11-43(12-10-22)51(4,45)46/h5-8,15-16,21-22,26-27,37,44H,9-14,17-18H2,1-4H3/t21-,26+,27-/m1/s1. The zero-order chi connectivity index (χ0) is 36.5. The third kappa shape index (κ3) is 8.80. The molecule has 276 valence electrons. The van der Waals surface area contributed by atoms with Crippen LogP contribution >= 0.6 is 11.3 Å². The number of nitrogens with zero attached hydrogens (tertiary/aromatic N) is 6. The number of hydrogen-bond acceptors (Lipinski definition) is 13. The van der Waals surface area contributed by atoms with Crippen LogP contribution in [-0.4, -0.2) is 109 Å². The predicted molar refractivity (Wildman–Crippen MR) is 186 cm³/mol. The number of aliphatic hydroxyl groups is 1. The van der Waals surface area contributed by atoms with E-state index < -0.39 is 28.7 Å². The second kappa shape index (κ2) is 15.0. The Kier molecular flexibility index (Phi) is 10.9. The molecule has 0 spiro atoms. The normalized spacial score (nSPS) is 20.5. The SMILES string of the molecule is COc1nc(N(C)[C@H]2C[C@@H](NCc3ccc(-c4cc(OC)c(OC5CCN(S(C)(=O)=O)CC5)nn4)cc3)C[C@H]2O)c2cc(CC(F)(F)F)sc2n1. The lowest BCUT2D eigenvalue weighted by Crippen LogP contribution is -2.41. The third-order valence-corrected chi connectivity index (χ3v) is 11.6. The van der Waals surface area contributed by atoms with Gasteiger partial charge in [0, 0.05) is 49.2 Å². The molecular formula is C33H40F3N7O6S2. The highest BCUT2D eigenvalue weighted by Gasteiger charge is 2.37. The molecule has 3 atom stereocenters. The molecule has 4 heterocycles. The van der Waals surface area contributed by atoms with E-state index in [1.54, 1.807) is 13.1 Å². The number of aliphatic hydroxyl groups excluding tert-OH is 1. The number of benzene rings is 1. The van der Waals surface area contributed by atoms with Gasteiger partial charge in [-0.25, -0.2) is 12.7 Å². The topological polar surface area (TPSA) is 152 Å². The van der Waals surface area contributed by atoms with Crippen molar-refractivity contribution in [2.45, 2.75) is 69.1 Å². The monoisotopic (exact) mass is 751 g/mol. The Labute approximate surface area is 297 Å². The maximum Gasteiger partial charge on any atom is 0.393 e. The van der Waals surface area contributed by atoms with Gasteiger partial charge in [0.15, 0.2) is 5.75 Å². The predicted octanol–water partition coefficient (Wildman–Crippen LogP) is 4.19. The zero-order valence-corrected chi connectivity index (χ0v) is 30.2. The molecule has 1 aliphatic carbocycles. The number of piperidine rings is 1. The first-order valence-electron chi connectivity index (χ1n) is 16.4. The number of anilines is 1. The van der Waals surface area contributed by atoms with Crippen LogP contribution in [0.2, 0.25) is 0 Å². The van der Waals surface area contributed by atoms with Crippen molar-refractivity contribution in [2.24, 2.45) is 0 Å². The van der Waals surface area contributed by atoms with Crippen molar-refractivity contribution in [3.63, 3.8) is 0 Å². The second-order valence-electron chi connectivity index (χ2n) is 12.8. The van der Waals surface area contributed by atoms with Gasteiger partial charge in [-0.15, -0.1) is 21.5 Å². The summed E-state index contributed by atoms with van der Waals surface area (Å²) >= 11 is 0.955. The molecule has 0 unspecified atom stereocenters. The summed E-state index contributed by atoms with van der Waals surface area (Å²) in [5.74, 6) is 1.10. The maximum atomic E-state index is 13.1. The number of thiophene rings is 1. The second-order valence-corrected chi connectivity index (χ2v) is 15.9. The smallest absolute Gasteiger partial charge is 0.393 e. The summed E-state index contributed by atoms with van der Waals surface area (Å²) in [6.45, 7) is 1.31. The van der Waals surface area contributed by atoms with Crippen molar-refractivity contribution in [2.75, 3.05) is 45.5 Å². The van der Waals surface area contributed by atoms with Crippen molar-refractivity contribution in [3.8, 4) is 28.9 Å². The van der Waals surface area contributed by atoms with Crippen molar-refractivity contribution in [1.29, 1.82) is 0 Å². The minimum absolute atomic E-state index is 0.0177. The number of ether oxygens (including phenoxy) is 3. The molecule has 0 bridgehead atoms. The average Bonchev–Trinajstić information content (AvgIpc) is 3.67. The summed E-state index contributed by atoms with van der Waals surface area (Å²) in [5, 5.41) is 23.7. The molecule has 13 nitrogen and oxygen atoms in total. The number of methoxy groups -OCH3 is 2. The Morgan fingerprint density at radius 1 is 1.06 bits per heavy atom. The van der Waals surface area contributed by atoms with Gasteiger partial charge < -0.3 is 29.5 Å². The molecule has 51 heavy (non-hydrogen) atoms. The van der Waals surface area contributed by atoms with Crippen LogP contribution in [0.25, 0.3) is 21.5 Å². The summed E-state index contributed by atoms with van der Waals surface area (Å²) in [6.07, 6.45) is -2.94. The van der Waals surface area contributed by atoms with Gasteiger partial charge in [-0.05, 0) is 37.3 Å². The Hall–Kier alpha value is -3.84. The number of rotatable bonds is 12. The molecule has 3 aromatic heterocycles. The number of fused-ring (bicyclic) bond motifs is 1. The van der Waals surface area contributed by atoms with Crippen LogP contribution in [0.5, 0.6) is 17.6 Å². The molecule has 2 N–H and O–H groups in total. The van der Waals surface area contributed by atoms with Gasteiger partial charge in [-0.2, -0.15) is 23.1 Å². The van der Waals surface area contributed by atoms with Crippen LogP contribution < -0.4 is 24.4 Å². The van der Waals surface area contributed by atoms with Crippen molar-refractivity contribution in [3.05, 3.63) is 46.8 Å². The molecule has 1 saturated heterocycles. The average molecular weight is 752 g/mol. The van der Waals surface area contributed by atoms with Gasteiger partial charge in [-0.3, -0.25) is 0 Å². The molecule has 1 aromatic carbocycles. The molecule has 2 fully saturated rings. The number of aromatic nitrogens is 4. The van der Waals surface area contributed by atoms with E-state index in [4.69, 9.17) is 14.2 Å². The van der Waals surface area contributed by atoms with Crippen molar-refractivity contribution >= 4 is 37.4 Å². The van der Waals surface area contributed by atoms with E-state index in [0.717, 1.165) is 22.5 Å². The van der Waals surface area contributed by atoms with Crippen molar-refractivity contribution < 1.29 is 40.9 Å². The van der Waals surface area contributed by atoms with Crippen LogP contribution in [0.1, 0.15) is 36.1 Å². The summed E-state index contributed by atoms with van der Waals surface area (Å²) in [7, 11) is 1.47. The molecule has 4 aromatic rings. The number of halogens is 3. The van der Waals surface area contributed by atoms with Gasteiger partial charge in [0.2, 0.25) is 10.0 Å². The highest BCUT2D eigenvalue weighted by Crippen LogP contribution is 2.38. The largest absolute Gasteiger partial charge is 0.491 e. The molecule has 1 aliphatic heterocycles. The Bertz CT molecular complexity index is 1940. The first kappa shape index (κ1) is 36.9. The minimum Gasteiger partial charge on any atom is -0.491 e. The van der Waals surface area contributed by atoms with Crippen LogP contribution in [0.15, 0.2) is 36.4 Å². The van der Waals surface area contributed by atoms with Crippen LogP contribution in [0, 0.1) is 0 Å². The number of alkyl halides is 3. The fourth-order valence-corrected chi connectivity index (χ4v) is 8.46. The lowest BCUT2D eigenvalue weighted by atomic mass is 10.1. The van der Waals surface area contributed by atoms with Gasteiger partial charge in [-0.1, -0.05) is 24.3 Å². The van der Waals surface area contributed by atoms with E-state index in [0.29, 0.717) is 72.8 Å². The quantitative estimate of drug-likeness (QED) is 0.214.